The Balaban J connectivity index is 1.29. The van der Waals surface area contributed by atoms with Crippen LogP contribution in [0.3, 0.4) is 0 Å². The van der Waals surface area contributed by atoms with Crippen LogP contribution in [0.2, 0.25) is 0 Å². The van der Waals surface area contributed by atoms with E-state index in [4.69, 9.17) is 15.0 Å². The lowest BCUT2D eigenvalue weighted by Crippen LogP contribution is -2.63. The molecular formula is C52H102N12. The lowest BCUT2D eigenvalue weighted by molar-refractivity contribution is 0.145. The predicted molar refractivity (Wildman–Crippen MR) is 274 cm³/mol. The largest absolute Gasteiger partial charge is 0.357 e. The van der Waals surface area contributed by atoms with E-state index >= 15 is 0 Å². The molecule has 0 aromatic carbocycles. The van der Waals surface area contributed by atoms with E-state index in [0.29, 0.717) is 30.1 Å². The van der Waals surface area contributed by atoms with Crippen molar-refractivity contribution >= 4 is 17.8 Å². The second kappa shape index (κ2) is 20.8. The topological polar surface area (TPSA) is 129 Å². The fourth-order valence-electron chi connectivity index (χ4n) is 13.7. The second-order valence-electron chi connectivity index (χ2n) is 26.5. The molecule has 4 aliphatic heterocycles. The van der Waals surface area contributed by atoms with Crippen molar-refractivity contribution in [2.45, 2.75) is 282 Å². The third kappa shape index (κ3) is 16.7. The maximum absolute atomic E-state index is 5.55. The molecule has 5 heterocycles. The van der Waals surface area contributed by atoms with Crippen LogP contribution in [-0.2, 0) is 0 Å². The molecule has 0 radical (unpaired) electrons. The number of aromatic nitrogens is 3. The summed E-state index contributed by atoms with van der Waals surface area (Å²) in [4.78, 5) is 21.1. The van der Waals surface area contributed by atoms with Crippen molar-refractivity contribution in [3.63, 3.8) is 0 Å². The van der Waals surface area contributed by atoms with E-state index in [2.05, 4.69) is 158 Å². The SMILES string of the molecule is CNc1nc(N(CCCCCCNC2CC(C)(C)NC(C)(C)C2)C2CC(C)(C)NC(C)(C)C2)nc(N(CCCCCCNC2CC(C)(C)NC(C)(C)C2)C2CC(C)(C)NC(C)(C)C2)n1. The van der Waals surface area contributed by atoms with Crippen LogP contribution in [0.5, 0.6) is 0 Å². The van der Waals surface area contributed by atoms with Crippen LogP contribution in [-0.4, -0.2) is 117 Å². The summed E-state index contributed by atoms with van der Waals surface area (Å²) >= 11 is 0. The average molecular weight is 895 g/mol. The van der Waals surface area contributed by atoms with Gasteiger partial charge in [-0.05, 0) is 201 Å². The van der Waals surface area contributed by atoms with Gasteiger partial charge in [0.25, 0.3) is 0 Å². The smallest absolute Gasteiger partial charge is 0.232 e. The van der Waals surface area contributed by atoms with Crippen LogP contribution in [0.1, 0.15) is 214 Å². The van der Waals surface area contributed by atoms with Crippen molar-refractivity contribution in [3.8, 4) is 0 Å². The van der Waals surface area contributed by atoms with Crippen LogP contribution < -0.4 is 47.0 Å². The Labute approximate surface area is 393 Å². The summed E-state index contributed by atoms with van der Waals surface area (Å²) in [7, 11) is 1.96. The van der Waals surface area contributed by atoms with Crippen molar-refractivity contribution in [1.82, 2.24) is 46.9 Å². The molecule has 4 aliphatic rings. The normalized spacial score (nSPS) is 25.2. The van der Waals surface area contributed by atoms with Gasteiger partial charge in [-0.2, -0.15) is 15.0 Å². The van der Waals surface area contributed by atoms with E-state index in [0.717, 1.165) is 76.6 Å². The number of piperidine rings is 4. The van der Waals surface area contributed by atoms with E-state index < -0.39 is 0 Å². The molecule has 0 spiro atoms. The molecule has 4 saturated heterocycles. The summed E-state index contributed by atoms with van der Waals surface area (Å²) in [6.45, 7) is 41.7. The first-order valence-corrected chi connectivity index (χ1v) is 26.1. The van der Waals surface area contributed by atoms with Gasteiger partial charge in [0.1, 0.15) is 0 Å². The molecule has 1 aromatic heterocycles. The Hall–Kier alpha value is -1.83. The maximum atomic E-state index is 5.55. The Morgan fingerprint density at radius 3 is 0.984 bits per heavy atom. The van der Waals surface area contributed by atoms with E-state index in [1.54, 1.807) is 0 Å². The highest BCUT2D eigenvalue weighted by atomic mass is 15.4. The molecule has 370 valence electrons. The predicted octanol–water partition coefficient (Wildman–Crippen LogP) is 9.06. The fourth-order valence-corrected chi connectivity index (χ4v) is 13.7. The zero-order valence-corrected chi connectivity index (χ0v) is 44.7. The summed E-state index contributed by atoms with van der Waals surface area (Å²) in [5, 5.41) is 26.8. The number of nitrogens with one attached hydrogen (secondary N) is 7. The Morgan fingerprint density at radius 2 is 0.688 bits per heavy atom. The van der Waals surface area contributed by atoms with E-state index in [1.807, 2.05) is 7.05 Å². The summed E-state index contributed by atoms with van der Waals surface area (Å²) in [5.41, 5.74) is 0.687. The van der Waals surface area contributed by atoms with Gasteiger partial charge < -0.3 is 47.0 Å². The molecule has 0 atom stereocenters. The van der Waals surface area contributed by atoms with Crippen LogP contribution in [0.25, 0.3) is 0 Å². The Bertz CT molecular complexity index is 1440. The maximum Gasteiger partial charge on any atom is 0.232 e. The number of unbranched alkanes of at least 4 members (excludes halogenated alkanes) is 6. The summed E-state index contributed by atoms with van der Waals surface area (Å²) < 4.78 is 0. The molecule has 7 N–H and O–H groups in total. The molecule has 4 fully saturated rings. The van der Waals surface area contributed by atoms with E-state index in [-0.39, 0.29) is 44.3 Å². The van der Waals surface area contributed by atoms with E-state index in [9.17, 15) is 0 Å². The van der Waals surface area contributed by atoms with Crippen LogP contribution in [0, 0.1) is 0 Å². The number of hydrogen-bond donors (Lipinski definition) is 7. The van der Waals surface area contributed by atoms with Gasteiger partial charge in [-0.15, -0.1) is 0 Å². The molecule has 1 aromatic rings. The van der Waals surface area contributed by atoms with Crippen LogP contribution >= 0.6 is 0 Å². The standard InChI is InChI=1S/C52H102N12/c1-45(2)30-38(31-46(3,4)59-45)54-26-22-18-20-24-28-63(40-34-49(9,10)61-50(11,12)35-40)43-56-42(53-17)57-44(58-43)64(41-36-51(13,14)62-52(15,16)37-41)29-25-21-19-23-27-55-39-32-47(5,6)60-48(7,8)33-39/h38-41,54-55,59-62H,18-37H2,1-17H3,(H,53,56,57,58). The zero-order valence-electron chi connectivity index (χ0n) is 44.7. The third-order valence-corrected chi connectivity index (χ3v) is 14.5. The van der Waals surface area contributed by atoms with E-state index in [1.165, 1.54) is 64.2 Å². The molecule has 0 amide bonds. The van der Waals surface area contributed by atoms with Crippen molar-refractivity contribution in [3.05, 3.63) is 0 Å². The highest BCUT2D eigenvalue weighted by Gasteiger charge is 2.44. The molecule has 12 heteroatoms. The fraction of sp³-hybridized carbons (Fsp3) is 0.942. The first kappa shape index (κ1) is 53.1. The van der Waals surface area contributed by atoms with Crippen LogP contribution in [0.4, 0.5) is 17.8 Å². The van der Waals surface area contributed by atoms with Crippen molar-refractivity contribution < 1.29 is 0 Å². The monoisotopic (exact) mass is 895 g/mol. The van der Waals surface area contributed by atoms with Crippen LogP contribution in [0.15, 0.2) is 0 Å². The van der Waals surface area contributed by atoms with Crippen molar-refractivity contribution in [1.29, 1.82) is 0 Å². The van der Waals surface area contributed by atoms with Crippen molar-refractivity contribution in [2.24, 2.45) is 0 Å². The Kier molecular flexibility index (Phi) is 17.3. The molecule has 0 unspecified atom stereocenters. The molecule has 0 bridgehead atoms. The van der Waals surface area contributed by atoms with Gasteiger partial charge in [-0.25, -0.2) is 0 Å². The third-order valence-electron chi connectivity index (χ3n) is 14.5. The first-order valence-electron chi connectivity index (χ1n) is 26.1. The number of hydrogen-bond acceptors (Lipinski definition) is 12. The molecule has 64 heavy (non-hydrogen) atoms. The zero-order chi connectivity index (χ0) is 47.4. The minimum Gasteiger partial charge on any atom is -0.357 e. The van der Waals surface area contributed by atoms with Gasteiger partial charge >= 0.3 is 0 Å². The minimum absolute atomic E-state index is 0.00438. The molecule has 5 rings (SSSR count). The number of nitrogens with zero attached hydrogens (tertiary/aromatic N) is 5. The molecular weight excluding hydrogens is 793 g/mol. The number of anilines is 3. The van der Waals surface area contributed by atoms with Gasteiger partial charge in [0, 0.05) is 88.6 Å². The summed E-state index contributed by atoms with van der Waals surface area (Å²) in [6, 6.07) is 1.78. The molecule has 0 aliphatic carbocycles. The molecule has 0 saturated carbocycles. The lowest BCUT2D eigenvalue weighted by atomic mass is 9.79. The summed E-state index contributed by atoms with van der Waals surface area (Å²) in [6.07, 6.45) is 18.4. The number of rotatable bonds is 21. The lowest BCUT2D eigenvalue weighted by Gasteiger charge is -2.50. The Morgan fingerprint density at radius 1 is 0.406 bits per heavy atom. The van der Waals surface area contributed by atoms with Gasteiger partial charge in [0.05, 0.1) is 0 Å². The summed E-state index contributed by atoms with van der Waals surface area (Å²) in [5.74, 6) is 2.33. The minimum atomic E-state index is 0.00438. The van der Waals surface area contributed by atoms with Gasteiger partial charge in [0.15, 0.2) is 0 Å². The first-order chi connectivity index (χ1) is 29.5. The quantitative estimate of drug-likeness (QED) is 0.0595. The highest BCUT2D eigenvalue weighted by molar-refractivity contribution is 5.47. The van der Waals surface area contributed by atoms with Gasteiger partial charge in [-0.3, -0.25) is 0 Å². The van der Waals surface area contributed by atoms with Gasteiger partial charge in [0.2, 0.25) is 17.8 Å². The highest BCUT2D eigenvalue weighted by Crippen LogP contribution is 2.37. The average Bonchev–Trinajstić information content (AvgIpc) is 3.08. The second-order valence-corrected chi connectivity index (χ2v) is 26.5. The van der Waals surface area contributed by atoms with Crippen molar-refractivity contribution in [2.75, 3.05) is 48.3 Å². The molecule has 12 nitrogen and oxygen atoms in total. The van der Waals surface area contributed by atoms with Gasteiger partial charge in [-0.1, -0.05) is 25.7 Å².